The first-order valence-electron chi connectivity index (χ1n) is 19.5. The average molecular weight is 692 g/mol. The number of hydrogen-bond acceptors (Lipinski definition) is 7. The fourth-order valence-electron chi connectivity index (χ4n) is 5.56. The summed E-state index contributed by atoms with van der Waals surface area (Å²) in [7, 11) is -4.40. The molecule has 0 rings (SSSR count). The first-order chi connectivity index (χ1) is 22.8. The van der Waals surface area contributed by atoms with Gasteiger partial charge in [-0.1, -0.05) is 168 Å². The van der Waals surface area contributed by atoms with Gasteiger partial charge in [-0.25, -0.2) is 4.57 Å². The quantitative estimate of drug-likeness (QED) is 0.0333. The highest BCUT2D eigenvalue weighted by atomic mass is 31.2. The van der Waals surface area contributed by atoms with Gasteiger partial charge in [0.1, 0.15) is 12.7 Å². The molecule has 0 aliphatic carbocycles. The molecule has 0 heterocycles. The molecule has 1 amide bonds. The summed E-state index contributed by atoms with van der Waals surface area (Å²) < 4.78 is 26.7. The van der Waals surface area contributed by atoms with Gasteiger partial charge in [0.2, 0.25) is 5.91 Å². The summed E-state index contributed by atoms with van der Waals surface area (Å²) >= 11 is 0. The summed E-state index contributed by atoms with van der Waals surface area (Å²) in [5.74, 6) is -0.512. The normalized spacial score (nSPS) is 13.4. The Morgan fingerprint density at radius 3 is 1.38 bits per heavy atom. The van der Waals surface area contributed by atoms with E-state index >= 15 is 0 Å². The Bertz CT molecular complexity index is 754. The van der Waals surface area contributed by atoms with Crippen LogP contribution in [0.3, 0.4) is 0 Å². The fourth-order valence-corrected chi connectivity index (χ4v) is 6.31. The highest BCUT2D eigenvalue weighted by Crippen LogP contribution is 2.42. The molecular weight excluding hydrogens is 617 g/mol. The number of phosphoric ester groups is 1. The number of hydrogen-bond donors (Lipinski definition) is 3. The summed E-state index contributed by atoms with van der Waals surface area (Å²) in [5.41, 5.74) is 0. The lowest BCUT2D eigenvalue weighted by Gasteiger charge is -2.15. The zero-order chi connectivity index (χ0) is 34.7. The van der Waals surface area contributed by atoms with Gasteiger partial charge in [-0.3, -0.25) is 18.6 Å². The average Bonchev–Trinajstić information content (AvgIpc) is 3.05. The van der Waals surface area contributed by atoms with Crippen molar-refractivity contribution in [2.75, 3.05) is 26.4 Å². The summed E-state index contributed by atoms with van der Waals surface area (Å²) in [6, 6.07) is 0. The van der Waals surface area contributed by atoms with Crippen LogP contribution in [0.2, 0.25) is 0 Å². The highest BCUT2D eigenvalue weighted by Gasteiger charge is 2.23. The van der Waals surface area contributed by atoms with E-state index < -0.39 is 26.5 Å². The van der Waals surface area contributed by atoms with E-state index in [-0.39, 0.29) is 32.1 Å². The monoisotopic (exact) mass is 692 g/mol. The molecular formula is C37H74NO8P. The molecule has 0 spiro atoms. The molecule has 0 aliphatic heterocycles. The third-order valence-corrected chi connectivity index (χ3v) is 9.52. The van der Waals surface area contributed by atoms with E-state index in [4.69, 9.17) is 13.8 Å². The number of rotatable bonds is 37. The van der Waals surface area contributed by atoms with Crippen LogP contribution in [-0.2, 0) is 27.9 Å². The lowest BCUT2D eigenvalue weighted by atomic mass is 10.0. The zero-order valence-corrected chi connectivity index (χ0v) is 31.4. The Morgan fingerprint density at radius 2 is 0.957 bits per heavy atom. The predicted octanol–water partition coefficient (Wildman–Crippen LogP) is 10.1. The first-order valence-corrected chi connectivity index (χ1v) is 21.0. The van der Waals surface area contributed by atoms with Crippen molar-refractivity contribution in [3.8, 4) is 0 Å². The molecule has 280 valence electrons. The van der Waals surface area contributed by atoms with Crippen LogP contribution in [0.5, 0.6) is 0 Å². The van der Waals surface area contributed by atoms with E-state index in [1.165, 1.54) is 128 Å². The fraction of sp³-hybridized carbons (Fsp3) is 0.946. The second kappa shape index (κ2) is 34.9. The minimum absolute atomic E-state index is 0.0880. The Labute approximate surface area is 288 Å². The number of amides is 1. The molecule has 0 fully saturated rings. The molecule has 2 unspecified atom stereocenters. The van der Waals surface area contributed by atoms with E-state index in [1.54, 1.807) is 0 Å². The van der Waals surface area contributed by atoms with Crippen LogP contribution in [0.25, 0.3) is 0 Å². The molecule has 2 atom stereocenters. The van der Waals surface area contributed by atoms with E-state index in [0.717, 1.165) is 38.5 Å². The lowest BCUT2D eigenvalue weighted by molar-refractivity contribution is -0.147. The maximum absolute atomic E-state index is 12.0. The van der Waals surface area contributed by atoms with Crippen molar-refractivity contribution in [2.45, 2.75) is 200 Å². The van der Waals surface area contributed by atoms with Crippen LogP contribution in [-0.4, -0.2) is 54.3 Å². The van der Waals surface area contributed by atoms with Crippen molar-refractivity contribution in [1.29, 1.82) is 0 Å². The lowest BCUT2D eigenvalue weighted by Crippen LogP contribution is -2.27. The van der Waals surface area contributed by atoms with Crippen molar-refractivity contribution < 1.29 is 37.9 Å². The van der Waals surface area contributed by atoms with Gasteiger partial charge in [-0.05, 0) is 12.8 Å². The van der Waals surface area contributed by atoms with Gasteiger partial charge in [-0.2, -0.15) is 0 Å². The highest BCUT2D eigenvalue weighted by molar-refractivity contribution is 7.47. The molecule has 0 aromatic carbocycles. The van der Waals surface area contributed by atoms with Gasteiger partial charge >= 0.3 is 13.8 Å². The number of unbranched alkanes of at least 4 members (excludes halogenated alkanes) is 24. The maximum atomic E-state index is 12.0. The SMILES string of the molecule is CCCCCCCCCCCCCCCCCCCCC(=O)NCCOP(=O)(O)OCC(O)COC(=O)CCCCCCCCCC. The summed E-state index contributed by atoms with van der Waals surface area (Å²) in [6.45, 7) is 3.53. The number of ether oxygens (including phenoxy) is 1. The minimum Gasteiger partial charge on any atom is -0.463 e. The third-order valence-electron chi connectivity index (χ3n) is 8.54. The number of nitrogens with one attached hydrogen (secondary N) is 1. The molecule has 0 bridgehead atoms. The summed E-state index contributed by atoms with van der Waals surface area (Å²) in [4.78, 5) is 33.6. The minimum atomic E-state index is -4.40. The molecule has 9 nitrogen and oxygen atoms in total. The Morgan fingerprint density at radius 1 is 0.574 bits per heavy atom. The van der Waals surface area contributed by atoms with Gasteiger partial charge in [-0.15, -0.1) is 0 Å². The molecule has 0 aliphatic rings. The molecule has 47 heavy (non-hydrogen) atoms. The predicted molar refractivity (Wildman–Crippen MR) is 192 cm³/mol. The Kier molecular flexibility index (Phi) is 34.1. The van der Waals surface area contributed by atoms with Crippen LogP contribution in [0.4, 0.5) is 0 Å². The topological polar surface area (TPSA) is 131 Å². The number of carbonyl (C=O) groups excluding carboxylic acids is 2. The van der Waals surface area contributed by atoms with Gasteiger partial charge in [0, 0.05) is 19.4 Å². The molecule has 10 heteroatoms. The maximum Gasteiger partial charge on any atom is 0.472 e. The van der Waals surface area contributed by atoms with Crippen molar-refractivity contribution >= 4 is 19.7 Å². The van der Waals surface area contributed by atoms with Crippen LogP contribution in [0, 0.1) is 0 Å². The largest absolute Gasteiger partial charge is 0.472 e. The summed E-state index contributed by atoms with van der Waals surface area (Å²) in [6.07, 6.45) is 31.9. The van der Waals surface area contributed by atoms with Crippen molar-refractivity contribution in [1.82, 2.24) is 5.32 Å². The molecule has 0 saturated heterocycles. The number of esters is 1. The second-order valence-corrected chi connectivity index (χ2v) is 14.7. The number of aliphatic hydroxyl groups is 1. The van der Waals surface area contributed by atoms with Crippen LogP contribution in [0.15, 0.2) is 0 Å². The van der Waals surface area contributed by atoms with Crippen molar-refractivity contribution in [3.05, 3.63) is 0 Å². The molecule has 0 saturated carbocycles. The smallest absolute Gasteiger partial charge is 0.463 e. The Hall–Kier alpha value is -0.990. The summed E-state index contributed by atoms with van der Waals surface area (Å²) in [5, 5.41) is 12.6. The van der Waals surface area contributed by atoms with E-state index in [2.05, 4.69) is 19.2 Å². The van der Waals surface area contributed by atoms with E-state index in [1.807, 2.05) is 0 Å². The van der Waals surface area contributed by atoms with Gasteiger partial charge < -0.3 is 20.1 Å². The number of carbonyl (C=O) groups is 2. The van der Waals surface area contributed by atoms with Crippen molar-refractivity contribution in [3.63, 3.8) is 0 Å². The molecule has 0 aromatic heterocycles. The third kappa shape index (κ3) is 36.1. The second-order valence-electron chi connectivity index (χ2n) is 13.3. The van der Waals surface area contributed by atoms with Crippen LogP contribution in [0.1, 0.15) is 194 Å². The van der Waals surface area contributed by atoms with Crippen LogP contribution >= 0.6 is 7.82 Å². The van der Waals surface area contributed by atoms with Crippen molar-refractivity contribution in [2.24, 2.45) is 0 Å². The Balaban J connectivity index is 3.54. The van der Waals surface area contributed by atoms with E-state index in [9.17, 15) is 24.2 Å². The molecule has 0 aromatic rings. The van der Waals surface area contributed by atoms with Gasteiger partial charge in [0.25, 0.3) is 0 Å². The number of aliphatic hydroxyl groups excluding tert-OH is 1. The van der Waals surface area contributed by atoms with Gasteiger partial charge in [0.05, 0.1) is 13.2 Å². The van der Waals surface area contributed by atoms with E-state index in [0.29, 0.717) is 6.42 Å². The van der Waals surface area contributed by atoms with Gasteiger partial charge in [0.15, 0.2) is 0 Å². The number of phosphoric acid groups is 1. The zero-order valence-electron chi connectivity index (χ0n) is 30.5. The first kappa shape index (κ1) is 46.0. The molecule has 0 radical (unpaired) electrons. The standard InChI is InChI=1S/C37H74NO8P/c1-3-5-7-9-11-13-14-15-16-17-18-19-20-21-22-23-25-27-29-36(40)38-31-32-45-47(42,43)46-34-35(39)33-44-37(41)30-28-26-24-12-10-8-6-4-2/h35,39H,3-34H2,1-2H3,(H,38,40)(H,42,43). The van der Waals surface area contributed by atoms with Crippen LogP contribution < -0.4 is 5.32 Å². The molecule has 3 N–H and O–H groups in total.